The number of halogens is 3. The third kappa shape index (κ3) is 3.79. The highest BCUT2D eigenvalue weighted by molar-refractivity contribution is 6.35. The topological polar surface area (TPSA) is 52.4 Å². The Kier molecular flexibility index (Phi) is 5.67. The van der Waals surface area contributed by atoms with E-state index in [1.807, 2.05) is 25.1 Å². The number of aromatic nitrogens is 3. The molecule has 0 amide bonds. The first kappa shape index (κ1) is 21.4. The van der Waals surface area contributed by atoms with Crippen LogP contribution in [0.15, 0.2) is 24.3 Å². The Bertz CT molecular complexity index is 1150. The van der Waals surface area contributed by atoms with Crippen molar-refractivity contribution >= 4 is 34.3 Å². The number of anilines is 2. The van der Waals surface area contributed by atoms with E-state index >= 15 is 0 Å². The van der Waals surface area contributed by atoms with Gasteiger partial charge >= 0.3 is 0 Å². The Labute approximate surface area is 190 Å². The summed E-state index contributed by atoms with van der Waals surface area (Å²) in [4.78, 5) is 11.6. The van der Waals surface area contributed by atoms with Gasteiger partial charge < -0.3 is 18.9 Å². The Morgan fingerprint density at radius 3 is 2.66 bits per heavy atom. The number of fused-ring (bicyclic) bond motifs is 3. The smallest absolute Gasteiger partial charge is 0.261 e. The lowest BCUT2D eigenvalue weighted by Crippen LogP contribution is -2.29. The lowest BCUT2D eigenvalue weighted by atomic mass is 10.0. The van der Waals surface area contributed by atoms with Gasteiger partial charge in [-0.25, -0.2) is 18.7 Å². The predicted octanol–water partition coefficient (Wildman–Crippen LogP) is 5.68. The fourth-order valence-corrected chi connectivity index (χ4v) is 4.76. The van der Waals surface area contributed by atoms with Crippen molar-refractivity contribution in [2.24, 2.45) is 5.92 Å². The van der Waals surface area contributed by atoms with Gasteiger partial charge in [-0.15, -0.1) is 0 Å². The molecule has 0 spiro atoms. The second-order valence-electron chi connectivity index (χ2n) is 8.34. The Morgan fingerprint density at radius 1 is 1.16 bits per heavy atom. The van der Waals surface area contributed by atoms with Crippen LogP contribution in [0.25, 0.3) is 11.0 Å². The van der Waals surface area contributed by atoms with Gasteiger partial charge in [0.25, 0.3) is 6.43 Å². The third-order valence-corrected chi connectivity index (χ3v) is 6.46. The van der Waals surface area contributed by atoms with Gasteiger partial charge in [0, 0.05) is 24.7 Å². The van der Waals surface area contributed by atoms with Crippen LogP contribution in [0.5, 0.6) is 5.88 Å². The molecule has 3 heterocycles. The standard InChI is InChI=1S/C23H25ClF2N4O2/c1-13-17(8-9-19(27-13)31-2)29-10-3-11-30-21-15(6-7-16(24)20(21)28-23(29)30)22(14-4-5-14)32-12-18(25)26/h6-9,14,18,22H,3-5,10-12H2,1-2H3. The molecular weight excluding hydrogens is 438 g/mol. The average molecular weight is 463 g/mol. The zero-order valence-corrected chi connectivity index (χ0v) is 18.8. The maximum atomic E-state index is 12.9. The summed E-state index contributed by atoms with van der Waals surface area (Å²) < 4.78 is 39.0. The summed E-state index contributed by atoms with van der Waals surface area (Å²) in [6.07, 6.45) is -0.0326. The van der Waals surface area contributed by atoms with E-state index in [9.17, 15) is 8.78 Å². The molecule has 0 radical (unpaired) electrons. The number of pyridine rings is 1. The van der Waals surface area contributed by atoms with Crippen molar-refractivity contribution in [1.29, 1.82) is 0 Å². The Morgan fingerprint density at radius 2 is 1.97 bits per heavy atom. The van der Waals surface area contributed by atoms with E-state index in [-0.39, 0.29) is 12.0 Å². The SMILES string of the molecule is COc1ccc(N2CCCn3c2nc2c(Cl)ccc(C(OCC(F)F)C4CC4)c23)c(C)n1. The van der Waals surface area contributed by atoms with Crippen molar-refractivity contribution in [2.75, 3.05) is 25.2 Å². The molecule has 1 saturated carbocycles. The second kappa shape index (κ2) is 8.48. The predicted molar refractivity (Wildman–Crippen MR) is 119 cm³/mol. The minimum absolute atomic E-state index is 0.247. The molecule has 1 atom stereocenters. The zero-order chi connectivity index (χ0) is 22.4. The summed E-state index contributed by atoms with van der Waals surface area (Å²) in [6.45, 7) is 2.93. The number of imidazole rings is 1. The Hall–Kier alpha value is -2.45. The van der Waals surface area contributed by atoms with Gasteiger partial charge in [0.1, 0.15) is 12.1 Å². The van der Waals surface area contributed by atoms with Crippen molar-refractivity contribution in [3.05, 3.63) is 40.5 Å². The molecule has 5 rings (SSSR count). The number of alkyl halides is 2. The lowest BCUT2D eigenvalue weighted by molar-refractivity contribution is -0.0333. The van der Waals surface area contributed by atoms with Crippen LogP contribution in [0.2, 0.25) is 5.02 Å². The van der Waals surface area contributed by atoms with Gasteiger partial charge in [-0.05, 0) is 44.2 Å². The van der Waals surface area contributed by atoms with Crippen molar-refractivity contribution < 1.29 is 18.3 Å². The number of hydrogen-bond acceptors (Lipinski definition) is 5. The lowest BCUT2D eigenvalue weighted by Gasteiger charge is -2.30. The molecule has 1 aliphatic heterocycles. The highest BCUT2D eigenvalue weighted by Crippen LogP contribution is 2.47. The van der Waals surface area contributed by atoms with Gasteiger partial charge in [-0.1, -0.05) is 17.7 Å². The fraction of sp³-hybridized carbons (Fsp3) is 0.478. The number of hydrogen-bond donors (Lipinski definition) is 0. The third-order valence-electron chi connectivity index (χ3n) is 6.15. The summed E-state index contributed by atoms with van der Waals surface area (Å²) >= 11 is 6.56. The molecule has 1 aliphatic carbocycles. The molecule has 0 N–H and O–H groups in total. The first-order valence-corrected chi connectivity index (χ1v) is 11.2. The maximum absolute atomic E-state index is 12.9. The molecule has 6 nitrogen and oxygen atoms in total. The van der Waals surface area contributed by atoms with Crippen LogP contribution in [0.3, 0.4) is 0 Å². The minimum atomic E-state index is -2.50. The quantitative estimate of drug-likeness (QED) is 0.452. The molecule has 1 aromatic carbocycles. The van der Waals surface area contributed by atoms with Gasteiger partial charge in [0.2, 0.25) is 11.8 Å². The minimum Gasteiger partial charge on any atom is -0.481 e. The van der Waals surface area contributed by atoms with E-state index in [1.54, 1.807) is 13.2 Å². The zero-order valence-electron chi connectivity index (χ0n) is 18.0. The van der Waals surface area contributed by atoms with E-state index in [0.717, 1.165) is 60.8 Å². The molecule has 0 saturated heterocycles. The molecule has 0 bridgehead atoms. The molecule has 1 fully saturated rings. The maximum Gasteiger partial charge on any atom is 0.261 e. The second-order valence-corrected chi connectivity index (χ2v) is 8.75. The molecule has 2 aliphatic rings. The van der Waals surface area contributed by atoms with Crippen molar-refractivity contribution in [3.8, 4) is 5.88 Å². The number of benzene rings is 1. The highest BCUT2D eigenvalue weighted by Gasteiger charge is 2.37. The number of methoxy groups -OCH3 is 1. The van der Waals surface area contributed by atoms with Gasteiger partial charge in [-0.2, -0.15) is 0 Å². The molecule has 170 valence electrons. The first-order valence-electron chi connectivity index (χ1n) is 10.9. The summed E-state index contributed by atoms with van der Waals surface area (Å²) in [5, 5.41) is 0.540. The monoisotopic (exact) mass is 462 g/mol. The molecule has 9 heteroatoms. The summed E-state index contributed by atoms with van der Waals surface area (Å²) in [5.74, 6) is 1.58. The van der Waals surface area contributed by atoms with Crippen LogP contribution in [0.1, 0.15) is 36.6 Å². The van der Waals surface area contributed by atoms with Gasteiger partial charge in [0.05, 0.1) is 35.1 Å². The molecule has 2 aromatic heterocycles. The fourth-order valence-electron chi connectivity index (χ4n) is 4.57. The average Bonchev–Trinajstić information content (AvgIpc) is 3.54. The summed E-state index contributed by atoms with van der Waals surface area (Å²) in [7, 11) is 1.59. The number of nitrogens with zero attached hydrogens (tertiary/aromatic N) is 4. The van der Waals surface area contributed by atoms with Crippen LogP contribution >= 0.6 is 11.6 Å². The van der Waals surface area contributed by atoms with Crippen LogP contribution < -0.4 is 9.64 Å². The van der Waals surface area contributed by atoms with Crippen molar-refractivity contribution in [3.63, 3.8) is 0 Å². The van der Waals surface area contributed by atoms with Crippen LogP contribution in [0, 0.1) is 12.8 Å². The van der Waals surface area contributed by atoms with Crippen molar-refractivity contribution in [1.82, 2.24) is 14.5 Å². The largest absolute Gasteiger partial charge is 0.481 e. The Balaban J connectivity index is 1.62. The van der Waals surface area contributed by atoms with E-state index < -0.39 is 13.0 Å². The number of aryl methyl sites for hydroxylation is 2. The molecule has 1 unspecified atom stereocenters. The molecule has 32 heavy (non-hydrogen) atoms. The molecular formula is C23H25ClF2N4O2. The van der Waals surface area contributed by atoms with E-state index in [2.05, 4.69) is 14.5 Å². The van der Waals surface area contributed by atoms with Crippen LogP contribution in [0.4, 0.5) is 20.4 Å². The number of ether oxygens (including phenoxy) is 2. The highest BCUT2D eigenvalue weighted by atomic mass is 35.5. The van der Waals surface area contributed by atoms with E-state index in [1.165, 1.54) is 0 Å². The van der Waals surface area contributed by atoms with Crippen molar-refractivity contribution in [2.45, 2.75) is 45.3 Å². The summed E-state index contributed by atoms with van der Waals surface area (Å²) in [5.41, 5.74) is 4.23. The van der Waals surface area contributed by atoms with Gasteiger partial charge in [-0.3, -0.25) is 0 Å². The number of rotatable bonds is 7. The summed E-state index contributed by atoms with van der Waals surface area (Å²) in [6, 6.07) is 7.53. The van der Waals surface area contributed by atoms with Crippen LogP contribution in [-0.4, -0.2) is 41.2 Å². The van der Waals surface area contributed by atoms with Crippen LogP contribution in [-0.2, 0) is 11.3 Å². The first-order chi connectivity index (χ1) is 15.5. The van der Waals surface area contributed by atoms with E-state index in [0.29, 0.717) is 16.4 Å². The molecule has 3 aromatic rings. The van der Waals surface area contributed by atoms with Gasteiger partial charge in [0.15, 0.2) is 0 Å². The van der Waals surface area contributed by atoms with E-state index in [4.69, 9.17) is 26.1 Å². The normalized spacial score (nSPS) is 17.1.